The molecular weight excluding hydrogens is 390 g/mol. The number of aliphatic hydroxyl groups excluding tert-OH is 1. The monoisotopic (exact) mass is 413 g/mol. The zero-order valence-electron chi connectivity index (χ0n) is 16.1. The van der Waals surface area contributed by atoms with Crippen LogP contribution in [0.5, 0.6) is 0 Å². The minimum Gasteiger partial charge on any atom is -0.393 e. The summed E-state index contributed by atoms with van der Waals surface area (Å²) in [7, 11) is 0. The van der Waals surface area contributed by atoms with Gasteiger partial charge in [-0.25, -0.2) is 9.97 Å². The van der Waals surface area contributed by atoms with E-state index in [1.54, 1.807) is 0 Å². The third-order valence-corrected chi connectivity index (χ3v) is 5.79. The maximum atomic E-state index is 12.0. The number of hydrogen-bond acceptors (Lipinski definition) is 9. The number of rotatable bonds is 6. The number of amides is 1. The molecule has 0 atom stereocenters. The Labute approximate surface area is 171 Å². The van der Waals surface area contributed by atoms with Gasteiger partial charge in [-0.3, -0.25) is 4.79 Å². The molecule has 1 aromatic carbocycles. The van der Waals surface area contributed by atoms with Gasteiger partial charge in [0.15, 0.2) is 11.5 Å². The molecule has 0 bridgehead atoms. The molecule has 2 heterocycles. The van der Waals surface area contributed by atoms with Gasteiger partial charge >= 0.3 is 0 Å². The van der Waals surface area contributed by atoms with Gasteiger partial charge in [-0.05, 0) is 61.8 Å². The van der Waals surface area contributed by atoms with E-state index >= 15 is 0 Å². The predicted octanol–water partition coefficient (Wildman–Crippen LogP) is 2.60. The first kappa shape index (κ1) is 19.5. The number of carbonyl (C=O) groups excluding carboxylic acids is 1. The first-order chi connectivity index (χ1) is 14.0. The van der Waals surface area contributed by atoms with E-state index in [-0.39, 0.29) is 17.8 Å². The van der Waals surface area contributed by atoms with Gasteiger partial charge in [0, 0.05) is 11.7 Å². The SMILES string of the molecule is CCc1nc(C(N)=O)c(Nc2ccc3snnc3c2)nc1N[C@H]1CC[C@H](O)CC1. The Morgan fingerprint density at radius 1 is 1.24 bits per heavy atom. The van der Waals surface area contributed by atoms with Gasteiger partial charge in [0.2, 0.25) is 0 Å². The molecule has 9 nitrogen and oxygen atoms in total. The van der Waals surface area contributed by atoms with Crippen molar-refractivity contribution in [2.75, 3.05) is 10.6 Å². The summed E-state index contributed by atoms with van der Waals surface area (Å²) in [6.45, 7) is 1.96. The van der Waals surface area contributed by atoms with E-state index in [0.717, 1.165) is 41.6 Å². The number of nitrogens with one attached hydrogen (secondary N) is 2. The van der Waals surface area contributed by atoms with Crippen molar-refractivity contribution in [1.82, 2.24) is 19.6 Å². The van der Waals surface area contributed by atoms with Crippen LogP contribution in [0.2, 0.25) is 0 Å². The number of nitrogens with two attached hydrogens (primary N) is 1. The number of aliphatic hydroxyl groups is 1. The van der Waals surface area contributed by atoms with Crippen LogP contribution in [-0.2, 0) is 6.42 Å². The first-order valence-electron chi connectivity index (χ1n) is 9.68. The van der Waals surface area contributed by atoms with Gasteiger partial charge in [-0.1, -0.05) is 11.4 Å². The van der Waals surface area contributed by atoms with Crippen molar-refractivity contribution in [3.05, 3.63) is 29.6 Å². The molecule has 0 aliphatic heterocycles. The smallest absolute Gasteiger partial charge is 0.271 e. The van der Waals surface area contributed by atoms with Crippen LogP contribution in [0.3, 0.4) is 0 Å². The fourth-order valence-corrected chi connectivity index (χ4v) is 4.04. The van der Waals surface area contributed by atoms with E-state index in [0.29, 0.717) is 23.8 Å². The van der Waals surface area contributed by atoms with Crippen LogP contribution in [0, 0.1) is 0 Å². The first-order valence-corrected chi connectivity index (χ1v) is 10.4. The van der Waals surface area contributed by atoms with E-state index in [1.807, 2.05) is 25.1 Å². The molecule has 1 saturated carbocycles. The Morgan fingerprint density at radius 3 is 2.76 bits per heavy atom. The van der Waals surface area contributed by atoms with E-state index in [1.165, 1.54) is 11.5 Å². The molecule has 0 radical (unpaired) electrons. The number of hydrogen-bond donors (Lipinski definition) is 4. The number of carbonyl (C=O) groups is 1. The van der Waals surface area contributed by atoms with Crippen LogP contribution >= 0.6 is 11.5 Å². The molecule has 152 valence electrons. The summed E-state index contributed by atoms with van der Waals surface area (Å²) < 4.78 is 4.91. The lowest BCUT2D eigenvalue weighted by Gasteiger charge is -2.27. The van der Waals surface area contributed by atoms with Gasteiger partial charge in [0.05, 0.1) is 16.5 Å². The molecule has 2 aromatic heterocycles. The summed E-state index contributed by atoms with van der Waals surface area (Å²) in [6.07, 6.45) is 3.63. The molecule has 0 unspecified atom stereocenters. The lowest BCUT2D eigenvalue weighted by Crippen LogP contribution is -2.29. The minimum absolute atomic E-state index is 0.1000. The summed E-state index contributed by atoms with van der Waals surface area (Å²) in [4.78, 5) is 21.1. The second kappa shape index (κ2) is 8.26. The van der Waals surface area contributed by atoms with Crippen molar-refractivity contribution in [1.29, 1.82) is 0 Å². The number of nitrogens with zero attached hydrogens (tertiary/aromatic N) is 4. The normalized spacial score (nSPS) is 19.2. The second-order valence-electron chi connectivity index (χ2n) is 7.16. The molecule has 4 rings (SSSR count). The van der Waals surface area contributed by atoms with Crippen molar-refractivity contribution >= 4 is 45.0 Å². The largest absolute Gasteiger partial charge is 0.393 e. The Bertz CT molecular complexity index is 1030. The fourth-order valence-electron chi connectivity index (χ4n) is 3.50. The lowest BCUT2D eigenvalue weighted by molar-refractivity contribution is 0.0996. The van der Waals surface area contributed by atoms with Crippen LogP contribution in [0.4, 0.5) is 17.3 Å². The Kier molecular flexibility index (Phi) is 5.54. The molecule has 5 N–H and O–H groups in total. The van der Waals surface area contributed by atoms with E-state index < -0.39 is 5.91 Å². The van der Waals surface area contributed by atoms with Crippen LogP contribution in [0.1, 0.15) is 48.8 Å². The molecule has 0 saturated heterocycles. The summed E-state index contributed by atoms with van der Waals surface area (Å²) >= 11 is 1.32. The summed E-state index contributed by atoms with van der Waals surface area (Å²) in [5.41, 5.74) is 7.84. The van der Waals surface area contributed by atoms with Gasteiger partial charge in [0.1, 0.15) is 11.3 Å². The molecule has 29 heavy (non-hydrogen) atoms. The van der Waals surface area contributed by atoms with Crippen molar-refractivity contribution in [2.45, 2.75) is 51.2 Å². The Morgan fingerprint density at radius 2 is 2.03 bits per heavy atom. The van der Waals surface area contributed by atoms with E-state index in [9.17, 15) is 9.90 Å². The summed E-state index contributed by atoms with van der Waals surface area (Å²) in [5, 5.41) is 20.4. The third-order valence-electron chi connectivity index (χ3n) is 5.08. The maximum Gasteiger partial charge on any atom is 0.271 e. The van der Waals surface area contributed by atoms with Crippen LogP contribution < -0.4 is 16.4 Å². The summed E-state index contributed by atoms with van der Waals surface area (Å²) in [6, 6.07) is 5.84. The molecular formula is C19H23N7O2S. The number of anilines is 3. The summed E-state index contributed by atoms with van der Waals surface area (Å²) in [5.74, 6) is 0.298. The van der Waals surface area contributed by atoms with Crippen molar-refractivity contribution in [2.24, 2.45) is 5.73 Å². The Balaban J connectivity index is 1.65. The quantitative estimate of drug-likeness (QED) is 0.484. The number of aromatic nitrogens is 4. The number of aryl methyl sites for hydroxylation is 1. The van der Waals surface area contributed by atoms with Crippen molar-refractivity contribution in [3.8, 4) is 0 Å². The average molecular weight is 414 g/mol. The maximum absolute atomic E-state index is 12.0. The van der Waals surface area contributed by atoms with Gasteiger partial charge < -0.3 is 21.5 Å². The molecule has 3 aromatic rings. The number of benzene rings is 1. The molecule has 0 spiro atoms. The average Bonchev–Trinajstić information content (AvgIpc) is 3.17. The van der Waals surface area contributed by atoms with Crippen LogP contribution in [0.15, 0.2) is 18.2 Å². The minimum atomic E-state index is -0.640. The third kappa shape index (κ3) is 4.28. The van der Waals surface area contributed by atoms with Gasteiger partial charge in [-0.2, -0.15) is 0 Å². The lowest BCUT2D eigenvalue weighted by atomic mass is 9.93. The standard InChI is InChI=1S/C19H23N7O2S/c1-2-13-18(21-10-3-6-12(27)7-4-10)24-19(16(23-13)17(20)28)22-11-5-8-15-14(9-11)25-26-29-15/h5,8-10,12,27H,2-4,6-7H2,1H3,(H2,20,28)(H2,21,22,24)/t10-,12-. The van der Waals surface area contributed by atoms with E-state index in [2.05, 4.69) is 30.2 Å². The molecule has 1 aliphatic rings. The predicted molar refractivity (Wildman–Crippen MR) is 113 cm³/mol. The topological polar surface area (TPSA) is 139 Å². The van der Waals surface area contributed by atoms with Crippen molar-refractivity contribution in [3.63, 3.8) is 0 Å². The number of fused-ring (bicyclic) bond motifs is 1. The highest BCUT2D eigenvalue weighted by Crippen LogP contribution is 2.27. The molecule has 10 heteroatoms. The zero-order chi connectivity index (χ0) is 20.4. The van der Waals surface area contributed by atoms with Gasteiger partial charge in [-0.15, -0.1) is 5.10 Å². The highest BCUT2D eigenvalue weighted by molar-refractivity contribution is 7.12. The van der Waals surface area contributed by atoms with Crippen LogP contribution in [-0.4, -0.2) is 42.7 Å². The second-order valence-corrected chi connectivity index (χ2v) is 7.95. The molecule has 1 aliphatic carbocycles. The number of primary amides is 1. The van der Waals surface area contributed by atoms with Crippen molar-refractivity contribution < 1.29 is 9.90 Å². The fraction of sp³-hybridized carbons (Fsp3) is 0.421. The van der Waals surface area contributed by atoms with E-state index in [4.69, 9.17) is 5.73 Å². The van der Waals surface area contributed by atoms with Crippen LogP contribution in [0.25, 0.3) is 10.2 Å². The van der Waals surface area contributed by atoms with Gasteiger partial charge in [0.25, 0.3) is 5.91 Å². The highest BCUT2D eigenvalue weighted by Gasteiger charge is 2.23. The zero-order valence-corrected chi connectivity index (χ0v) is 16.9. The Hall–Kier alpha value is -2.85. The highest BCUT2D eigenvalue weighted by atomic mass is 32.1. The molecule has 1 fully saturated rings. The molecule has 1 amide bonds.